The van der Waals surface area contributed by atoms with Crippen molar-refractivity contribution in [2.75, 3.05) is 19.2 Å². The average molecular weight is 1540 g/mol. The van der Waals surface area contributed by atoms with Crippen LogP contribution in [0.2, 0.25) is 0 Å². The van der Waals surface area contributed by atoms with Crippen LogP contribution in [0.1, 0.15) is 84.0 Å². The van der Waals surface area contributed by atoms with Crippen molar-refractivity contribution in [2.24, 2.45) is 0 Å². The number of aromatic nitrogens is 8. The molecule has 32 rings (SSSR count). The molecule has 8 aromatic heterocycles. The van der Waals surface area contributed by atoms with Crippen LogP contribution < -0.4 is 59.4 Å². The number of rotatable bonds is 2. The van der Waals surface area contributed by atoms with Crippen LogP contribution >= 0.6 is 0 Å². The van der Waals surface area contributed by atoms with Crippen molar-refractivity contribution in [3.05, 3.63) is 336 Å². The molecule has 12 nitrogen and oxygen atoms in total. The molecule has 0 radical (unpaired) electrons. The largest absolute Gasteiger partial charge is 0.427 e. The van der Waals surface area contributed by atoms with E-state index in [-0.39, 0.29) is 27.9 Å². The predicted molar refractivity (Wildman–Crippen MR) is 492 cm³/mol. The number of nitrogens with zero attached hydrogens (tertiary/aromatic N) is 12. The van der Waals surface area contributed by atoms with Crippen molar-refractivity contribution in [3.8, 4) is 45.0 Å². The Labute approximate surface area is 694 Å². The summed E-state index contributed by atoms with van der Waals surface area (Å²) in [5, 5.41) is 10.8. The Hall–Kier alpha value is -14.1. The van der Waals surface area contributed by atoms with Crippen molar-refractivity contribution in [2.45, 2.75) is 79.6 Å². The molecule has 20 aromatic rings. The number of anilines is 8. The van der Waals surface area contributed by atoms with Crippen molar-refractivity contribution in [1.82, 2.24) is 17.9 Å². The van der Waals surface area contributed by atoms with Gasteiger partial charge in [-0.25, -0.2) is 0 Å². The van der Waals surface area contributed by atoms with Gasteiger partial charge >= 0.3 is 27.9 Å². The van der Waals surface area contributed by atoms with Crippen LogP contribution in [0.25, 0.3) is 132 Å². The van der Waals surface area contributed by atoms with Crippen LogP contribution in [0.15, 0.2) is 292 Å². The minimum atomic E-state index is 0.153. The number of hydrogen-bond donors (Lipinski definition) is 0. The Balaban J connectivity index is 0.0000000812. The van der Waals surface area contributed by atoms with Crippen LogP contribution in [-0.4, -0.2) is 45.8 Å². The molecule has 0 bridgehead atoms. The highest BCUT2D eigenvalue weighted by atomic mass is 15.3. The summed E-state index contributed by atoms with van der Waals surface area (Å²) in [6, 6.07) is 99.7. The number of hydrogen-bond acceptors (Lipinski definition) is 4. The molecule has 16 heteroatoms. The zero-order valence-corrected chi connectivity index (χ0v) is 67.4. The van der Waals surface area contributed by atoms with Gasteiger partial charge in [-0.2, -0.15) is 18.3 Å². The third-order valence-electron chi connectivity index (χ3n) is 29.3. The maximum absolute atomic E-state index is 2.64. The summed E-state index contributed by atoms with van der Waals surface area (Å²) in [6.07, 6.45) is 9.18. The van der Waals surface area contributed by atoms with Crippen molar-refractivity contribution in [1.29, 1.82) is 0 Å². The molecule has 0 fully saturated rings. The van der Waals surface area contributed by atoms with Gasteiger partial charge in [0.15, 0.2) is 51.0 Å². The highest BCUT2D eigenvalue weighted by Crippen LogP contribution is 2.57. The quantitative estimate of drug-likeness (QED) is 0.128. The van der Waals surface area contributed by atoms with Gasteiger partial charge in [0.25, 0.3) is 0 Å². The minimum absolute atomic E-state index is 0.153. The molecule has 0 aliphatic carbocycles. The van der Waals surface area contributed by atoms with E-state index in [1.54, 1.807) is 0 Å². The lowest BCUT2D eigenvalue weighted by Gasteiger charge is -2.34. The molecule has 0 spiro atoms. The van der Waals surface area contributed by atoms with Gasteiger partial charge < -0.3 is 37.2 Å². The first-order valence-corrected chi connectivity index (χ1v) is 43.0. The molecule has 0 unspecified atom stereocenters. The molecule has 0 N–H and O–H groups in total. The zero-order valence-electron chi connectivity index (χ0n) is 67.4. The first kappa shape index (κ1) is 65.0. The molecule has 120 heavy (non-hydrogen) atoms. The third-order valence-corrected chi connectivity index (χ3v) is 29.3. The molecule has 20 heterocycles. The number of fused-ring (bicyclic) bond motifs is 32. The maximum atomic E-state index is 2.64. The fraction of sp³-hybridized carbons (Fsp3) is 0.115. The number of para-hydroxylation sites is 8. The van der Waals surface area contributed by atoms with Crippen LogP contribution in [0.4, 0.5) is 45.5 Å². The lowest BCUT2D eigenvalue weighted by atomic mass is 9.61. The van der Waals surface area contributed by atoms with E-state index in [2.05, 4.69) is 389 Å². The molecular weight excluding hydrogens is 1460 g/mol. The Morgan fingerprint density at radius 2 is 0.642 bits per heavy atom. The maximum Gasteiger partial charge on any atom is 0.427 e. The smallest absolute Gasteiger partial charge is 0.359 e. The lowest BCUT2D eigenvalue weighted by molar-refractivity contribution is -0.672. The van der Waals surface area contributed by atoms with E-state index in [4.69, 9.17) is 0 Å². The third kappa shape index (κ3) is 7.79. The van der Waals surface area contributed by atoms with Crippen molar-refractivity contribution >= 4 is 183 Å². The molecule has 0 atom stereocenters. The van der Waals surface area contributed by atoms with E-state index in [0.717, 1.165) is 26.2 Å². The second-order valence-electron chi connectivity index (χ2n) is 36.0. The number of benzene rings is 12. The molecule has 560 valence electrons. The number of aryl methyl sites for hydroxylation is 2. The van der Waals surface area contributed by atoms with Gasteiger partial charge in [-0.15, -0.1) is 0 Å². The van der Waals surface area contributed by atoms with Gasteiger partial charge in [0, 0.05) is 155 Å². The van der Waals surface area contributed by atoms with E-state index >= 15 is 0 Å². The minimum Gasteiger partial charge on any atom is -0.359 e. The average Bonchev–Trinajstić information content (AvgIpc) is 1.51. The molecule has 0 saturated heterocycles. The summed E-state index contributed by atoms with van der Waals surface area (Å²) >= 11 is 0. The van der Waals surface area contributed by atoms with Gasteiger partial charge in [-0.3, -0.25) is 0 Å². The summed E-state index contributed by atoms with van der Waals surface area (Å²) in [5.41, 5.74) is 49.8. The summed E-state index contributed by atoms with van der Waals surface area (Å²) in [5.74, 6) is 0.967. The molecule has 0 amide bonds. The van der Waals surface area contributed by atoms with Gasteiger partial charge in [0.2, 0.25) is 22.8 Å². The van der Waals surface area contributed by atoms with E-state index in [0.29, 0.717) is 11.8 Å². The van der Waals surface area contributed by atoms with Gasteiger partial charge in [-0.1, -0.05) is 210 Å². The molecular formula is C104H76B4N12+4. The van der Waals surface area contributed by atoms with Crippen LogP contribution in [-0.2, 0) is 26.2 Å². The van der Waals surface area contributed by atoms with Crippen LogP contribution in [0.5, 0.6) is 0 Å². The Bertz CT molecular complexity index is 8250. The molecule has 0 saturated carbocycles. The highest BCUT2D eigenvalue weighted by Gasteiger charge is 2.57. The summed E-state index contributed by atoms with van der Waals surface area (Å²) < 4.78 is 20.2. The lowest BCUT2D eigenvalue weighted by Crippen LogP contribution is -2.55. The van der Waals surface area contributed by atoms with E-state index in [9.17, 15) is 0 Å². The fourth-order valence-corrected chi connectivity index (χ4v) is 24.8. The topological polar surface area (TPSA) is 48.2 Å². The first-order chi connectivity index (χ1) is 59.1. The zero-order chi connectivity index (χ0) is 78.6. The molecule has 12 aliphatic rings. The van der Waals surface area contributed by atoms with Gasteiger partial charge in [0.1, 0.15) is 0 Å². The Morgan fingerprint density at radius 1 is 0.283 bits per heavy atom. The summed E-state index contributed by atoms with van der Waals surface area (Å²) in [4.78, 5) is 10.4. The summed E-state index contributed by atoms with van der Waals surface area (Å²) in [6.45, 7) is 18.2. The number of pyridine rings is 4. The SMILES string of the molecule is CC(C)c1cc2c3[n+](c1)Cc1cccc(c1-3)N1B2n2c3ccccc3c3cccc1c32.CC(C)c1ccc2c3c1N1B(c4ccc[n+](c4-3)C2)n2c3ccccc3c3cccc1c32.Cc1cc2c3[n+](c1)Cc1cccc(c1-3)N1B2n2c3ccccc3c3cccc1c32.Cc1ccc2c3c1N1B(c4ccc[n+](c4-3)C2)n2c3ccccc3c3cccc1c32. The molecule has 12 aromatic carbocycles. The normalized spacial score (nSPS) is 14.8. The van der Waals surface area contributed by atoms with E-state index < -0.39 is 0 Å². The van der Waals surface area contributed by atoms with E-state index in [1.165, 1.54) is 244 Å². The van der Waals surface area contributed by atoms with Crippen LogP contribution in [0, 0.1) is 13.8 Å². The molecule has 12 aliphatic heterocycles. The van der Waals surface area contributed by atoms with E-state index in [1.807, 2.05) is 0 Å². The Kier molecular flexibility index (Phi) is 12.2. The summed E-state index contributed by atoms with van der Waals surface area (Å²) in [7, 11) is 0. The van der Waals surface area contributed by atoms with Crippen molar-refractivity contribution < 1.29 is 18.3 Å². The monoisotopic (exact) mass is 1540 g/mol. The second-order valence-corrected chi connectivity index (χ2v) is 36.0. The predicted octanol–water partition coefficient (Wildman–Crippen LogP) is 18.1. The fourth-order valence-electron chi connectivity index (χ4n) is 24.8. The van der Waals surface area contributed by atoms with Gasteiger partial charge in [-0.05, 0) is 110 Å². The second kappa shape index (κ2) is 22.6. The standard InChI is InChI=1S/2C27H21BN3.2C25H17BN3/c1-16(2)18-13-21-27-25-17(14-29(27)15-18)7-5-11-23(25)30-24-12-6-9-20-19-8-3-4-10-22(19)31(26(20)24)28(21)30;1-16(2)18-13-12-17-15-29-14-6-9-21-27(29)24(17)26(18)31-23-11-5-8-20-19-7-3-4-10-22(19)30(25(20)23)28(21)31;1-15-12-19-25-23-16(14-27(25)13-15)6-4-10-21(23)28-22-11-5-8-18-17-7-2-3-9-20(17)29(24(18)22)26(19)28;1-15-11-12-16-14-27-13-5-8-19-25(27)22(16)23(15)29-21-10-4-7-18-17-6-2-3-9-20(17)28(24(18)21)26(19)29/h3-13,15-16H,14H2,1-2H3;3-14,16H,15H2,1-2H3;2*2-13H,14H2,1H3/q4*+1. The Morgan fingerprint density at radius 3 is 1.10 bits per heavy atom. The highest BCUT2D eigenvalue weighted by molar-refractivity contribution is 6.85. The van der Waals surface area contributed by atoms with Crippen LogP contribution in [0.3, 0.4) is 0 Å². The first-order valence-electron chi connectivity index (χ1n) is 43.0. The van der Waals surface area contributed by atoms with Crippen molar-refractivity contribution in [3.63, 3.8) is 0 Å². The van der Waals surface area contributed by atoms with Gasteiger partial charge in [0.05, 0.1) is 67.1 Å².